The number of amides is 1. The smallest absolute Gasteiger partial charge is 0.343 e. The lowest BCUT2D eigenvalue weighted by Gasteiger charge is -2.09. The number of carboxylic acid groups (broad SMARTS) is 2. The van der Waals surface area contributed by atoms with Gasteiger partial charge >= 0.3 is 11.9 Å². The van der Waals surface area contributed by atoms with Crippen molar-refractivity contribution in [2.24, 2.45) is 5.73 Å². The zero-order chi connectivity index (χ0) is 13.3. The maximum absolute atomic E-state index is 10.9. The molecule has 90 valence electrons. The molecule has 17 heavy (non-hydrogen) atoms. The van der Waals surface area contributed by atoms with Gasteiger partial charge in [-0.15, -0.1) is 0 Å². The minimum absolute atomic E-state index is 0.599. The fourth-order valence-corrected chi connectivity index (χ4v) is 1.22. The number of carboxylic acids is 2. The molecule has 0 bridgehead atoms. The summed E-state index contributed by atoms with van der Waals surface area (Å²) in [5, 5.41) is 36.1. The van der Waals surface area contributed by atoms with E-state index in [9.17, 15) is 24.6 Å². The Morgan fingerprint density at radius 3 is 1.76 bits per heavy atom. The van der Waals surface area contributed by atoms with Gasteiger partial charge in [0.05, 0.1) is 5.56 Å². The van der Waals surface area contributed by atoms with E-state index >= 15 is 0 Å². The Morgan fingerprint density at radius 1 is 0.941 bits per heavy atom. The maximum atomic E-state index is 10.9. The van der Waals surface area contributed by atoms with E-state index in [2.05, 4.69) is 0 Å². The molecule has 6 N–H and O–H groups in total. The van der Waals surface area contributed by atoms with E-state index in [1.165, 1.54) is 0 Å². The van der Waals surface area contributed by atoms with Crippen molar-refractivity contribution in [2.75, 3.05) is 0 Å². The van der Waals surface area contributed by atoms with Gasteiger partial charge < -0.3 is 26.2 Å². The van der Waals surface area contributed by atoms with Crippen LogP contribution in [0, 0.1) is 0 Å². The molecule has 0 saturated heterocycles. The van der Waals surface area contributed by atoms with Gasteiger partial charge in [-0.05, 0) is 6.07 Å². The third-order valence-corrected chi connectivity index (χ3v) is 1.98. The van der Waals surface area contributed by atoms with E-state index in [1.807, 2.05) is 0 Å². The minimum atomic E-state index is -1.79. The predicted molar refractivity (Wildman–Crippen MR) is 52.2 cm³/mol. The average Bonchev–Trinajstić information content (AvgIpc) is 2.15. The van der Waals surface area contributed by atoms with Crippen molar-refractivity contribution in [1.82, 2.24) is 0 Å². The number of carbonyl (C=O) groups is 3. The summed E-state index contributed by atoms with van der Waals surface area (Å²) in [5.74, 6) is -6.88. The van der Waals surface area contributed by atoms with Crippen LogP contribution in [0.5, 0.6) is 11.5 Å². The van der Waals surface area contributed by atoms with E-state index in [4.69, 9.17) is 15.9 Å². The molecule has 8 nitrogen and oxygen atoms in total. The molecule has 0 aliphatic rings. The highest BCUT2D eigenvalue weighted by Crippen LogP contribution is 2.34. The first-order valence-corrected chi connectivity index (χ1v) is 4.12. The number of primary amides is 1. The summed E-state index contributed by atoms with van der Waals surface area (Å²) in [7, 11) is 0. The van der Waals surface area contributed by atoms with Crippen molar-refractivity contribution in [3.05, 3.63) is 22.8 Å². The van der Waals surface area contributed by atoms with Gasteiger partial charge in [0.15, 0.2) is 0 Å². The number of benzene rings is 1. The lowest BCUT2D eigenvalue weighted by atomic mass is 10.0. The summed E-state index contributed by atoms with van der Waals surface area (Å²) in [6.45, 7) is 0. The van der Waals surface area contributed by atoms with Gasteiger partial charge in [-0.25, -0.2) is 9.59 Å². The van der Waals surface area contributed by atoms with Crippen molar-refractivity contribution in [2.45, 2.75) is 0 Å². The number of rotatable bonds is 3. The second-order valence-corrected chi connectivity index (χ2v) is 3.02. The van der Waals surface area contributed by atoms with E-state index in [0.717, 1.165) is 0 Å². The van der Waals surface area contributed by atoms with Crippen LogP contribution in [-0.2, 0) is 0 Å². The molecule has 0 radical (unpaired) electrons. The lowest BCUT2D eigenvalue weighted by Crippen LogP contribution is -2.15. The second kappa shape index (κ2) is 4.00. The fourth-order valence-electron chi connectivity index (χ4n) is 1.22. The summed E-state index contributed by atoms with van der Waals surface area (Å²) in [4.78, 5) is 32.3. The first kappa shape index (κ1) is 12.3. The standard InChI is InChI=1S/C9H7NO7/c10-7(13)2-1-3(8(14)15)6(12)4(5(2)11)9(16)17/h1,11-12H,(H2,10,13)(H,14,15)(H,16,17). The highest BCUT2D eigenvalue weighted by molar-refractivity contribution is 6.07. The van der Waals surface area contributed by atoms with E-state index in [0.29, 0.717) is 6.07 Å². The quantitative estimate of drug-likeness (QED) is 0.481. The summed E-state index contributed by atoms with van der Waals surface area (Å²) in [6.07, 6.45) is 0. The number of hydrogen-bond acceptors (Lipinski definition) is 5. The van der Waals surface area contributed by atoms with Crippen LogP contribution in [0.25, 0.3) is 0 Å². The Balaban J connectivity index is 3.76. The molecule has 8 heteroatoms. The molecule has 0 spiro atoms. The zero-order valence-electron chi connectivity index (χ0n) is 8.17. The number of nitrogens with two attached hydrogens (primary N) is 1. The molecule has 0 aliphatic heterocycles. The third kappa shape index (κ3) is 1.95. The third-order valence-electron chi connectivity index (χ3n) is 1.98. The molecule has 0 unspecified atom stereocenters. The fraction of sp³-hybridized carbons (Fsp3) is 0. The highest BCUT2D eigenvalue weighted by Gasteiger charge is 2.27. The zero-order valence-corrected chi connectivity index (χ0v) is 8.17. The Kier molecular flexibility index (Phi) is 2.90. The SMILES string of the molecule is NC(=O)c1cc(C(=O)O)c(O)c(C(=O)O)c1O. The summed E-state index contributed by atoms with van der Waals surface area (Å²) in [6, 6.07) is 0.599. The molecule has 0 fully saturated rings. The Bertz CT molecular complexity index is 496. The summed E-state index contributed by atoms with van der Waals surface area (Å²) >= 11 is 0. The molecular formula is C9H7NO7. The molecule has 0 atom stereocenters. The topological polar surface area (TPSA) is 158 Å². The highest BCUT2D eigenvalue weighted by atomic mass is 16.4. The first-order chi connectivity index (χ1) is 7.77. The number of hydrogen-bond donors (Lipinski definition) is 5. The molecule has 0 aromatic heterocycles. The van der Waals surface area contributed by atoms with Crippen molar-refractivity contribution in [3.8, 4) is 11.5 Å². The number of aromatic hydroxyl groups is 2. The second-order valence-electron chi connectivity index (χ2n) is 3.02. The van der Waals surface area contributed by atoms with Gasteiger partial charge in [0.2, 0.25) is 0 Å². The molecule has 1 aromatic carbocycles. The van der Waals surface area contributed by atoms with E-state index in [1.54, 1.807) is 0 Å². The van der Waals surface area contributed by atoms with Crippen LogP contribution in [0.2, 0.25) is 0 Å². The average molecular weight is 241 g/mol. The molecule has 1 aromatic rings. The Labute approximate surface area is 93.5 Å². The van der Waals surface area contributed by atoms with Gasteiger partial charge in [-0.1, -0.05) is 0 Å². The normalized spacial score (nSPS) is 9.88. The van der Waals surface area contributed by atoms with Crippen LogP contribution < -0.4 is 5.73 Å². The largest absolute Gasteiger partial charge is 0.506 e. The van der Waals surface area contributed by atoms with Crippen LogP contribution in [-0.4, -0.2) is 38.3 Å². The van der Waals surface area contributed by atoms with Crippen LogP contribution >= 0.6 is 0 Å². The predicted octanol–water partition coefficient (Wildman–Crippen LogP) is -0.407. The molecule has 1 amide bonds. The van der Waals surface area contributed by atoms with Crippen molar-refractivity contribution >= 4 is 17.8 Å². The van der Waals surface area contributed by atoms with E-state index in [-0.39, 0.29) is 0 Å². The first-order valence-electron chi connectivity index (χ1n) is 4.12. The molecule has 0 aliphatic carbocycles. The van der Waals surface area contributed by atoms with Crippen molar-refractivity contribution in [1.29, 1.82) is 0 Å². The monoisotopic (exact) mass is 241 g/mol. The van der Waals surface area contributed by atoms with Gasteiger partial charge in [-0.2, -0.15) is 0 Å². The van der Waals surface area contributed by atoms with Crippen molar-refractivity contribution in [3.63, 3.8) is 0 Å². The Morgan fingerprint density at radius 2 is 1.41 bits per heavy atom. The lowest BCUT2D eigenvalue weighted by molar-refractivity contribution is 0.0689. The van der Waals surface area contributed by atoms with Gasteiger partial charge in [0.1, 0.15) is 22.6 Å². The van der Waals surface area contributed by atoms with Crippen LogP contribution in [0.15, 0.2) is 6.07 Å². The number of carbonyl (C=O) groups excluding carboxylic acids is 1. The van der Waals surface area contributed by atoms with Gasteiger partial charge in [-0.3, -0.25) is 4.79 Å². The summed E-state index contributed by atoms with van der Waals surface area (Å²) < 4.78 is 0. The van der Waals surface area contributed by atoms with Crippen molar-refractivity contribution < 1.29 is 34.8 Å². The van der Waals surface area contributed by atoms with Crippen LogP contribution in [0.1, 0.15) is 31.1 Å². The molecule has 1 rings (SSSR count). The van der Waals surface area contributed by atoms with Crippen LogP contribution in [0.3, 0.4) is 0 Å². The van der Waals surface area contributed by atoms with Gasteiger partial charge in [0, 0.05) is 0 Å². The Hall–Kier alpha value is -2.77. The number of phenols is 2. The summed E-state index contributed by atoms with van der Waals surface area (Å²) in [5.41, 5.74) is 2.22. The minimum Gasteiger partial charge on any atom is -0.506 e. The van der Waals surface area contributed by atoms with Crippen LogP contribution in [0.4, 0.5) is 0 Å². The van der Waals surface area contributed by atoms with Gasteiger partial charge in [0.25, 0.3) is 5.91 Å². The molecule has 0 saturated carbocycles. The maximum Gasteiger partial charge on any atom is 0.343 e. The van der Waals surface area contributed by atoms with E-state index < -0.39 is 46.0 Å². The molecule has 0 heterocycles. The molecular weight excluding hydrogens is 234 g/mol. The number of aromatic carboxylic acids is 2.